The Labute approximate surface area is 268 Å². The van der Waals surface area contributed by atoms with Crippen LogP contribution in [0, 0.1) is 17.2 Å². The van der Waals surface area contributed by atoms with Crippen molar-refractivity contribution in [2.24, 2.45) is 5.92 Å². The van der Waals surface area contributed by atoms with Gasteiger partial charge in [0.2, 0.25) is 11.8 Å². The molecule has 5 atom stereocenters. The van der Waals surface area contributed by atoms with Gasteiger partial charge in [0.25, 0.3) is 5.91 Å². The van der Waals surface area contributed by atoms with E-state index < -0.39 is 36.8 Å². The van der Waals surface area contributed by atoms with Gasteiger partial charge >= 0.3 is 13.3 Å². The second-order valence-electron chi connectivity index (χ2n) is 12.2. The van der Waals surface area contributed by atoms with Crippen molar-refractivity contribution in [2.75, 3.05) is 13.1 Å². The lowest BCUT2D eigenvalue weighted by Gasteiger charge is -2.36. The zero-order valence-electron chi connectivity index (χ0n) is 24.7. The van der Waals surface area contributed by atoms with Gasteiger partial charge in [-0.15, -0.1) is 11.3 Å². The minimum Gasteiger partial charge on any atom is -0.340 e. The maximum absolute atomic E-state index is 14.3. The highest BCUT2D eigenvalue weighted by Gasteiger charge is 2.51. The van der Waals surface area contributed by atoms with Gasteiger partial charge in [-0.1, -0.05) is 49.2 Å². The Morgan fingerprint density at radius 2 is 1.76 bits per heavy atom. The third-order valence-corrected chi connectivity index (χ3v) is 11.5. The summed E-state index contributed by atoms with van der Waals surface area (Å²) in [6.45, 7) is 0.671. The molecule has 0 aliphatic carbocycles. The molecule has 3 saturated heterocycles. The van der Waals surface area contributed by atoms with Crippen LogP contribution in [0.15, 0.2) is 54.6 Å². The first-order chi connectivity index (χ1) is 21.9. The number of fused-ring (bicyclic) bond motifs is 2. The van der Waals surface area contributed by atoms with Gasteiger partial charge in [0.05, 0.1) is 16.9 Å². The normalized spacial score (nSPS) is 25.5. The molecule has 10 nitrogen and oxygen atoms in total. The van der Waals surface area contributed by atoms with E-state index in [4.69, 9.17) is 9.79 Å². The maximum Gasteiger partial charge on any atom is 0.399 e. The van der Waals surface area contributed by atoms with Gasteiger partial charge in [-0.2, -0.15) is 14.0 Å². The molecule has 3 aliphatic heterocycles. The van der Waals surface area contributed by atoms with Crippen molar-refractivity contribution in [3.8, 4) is 6.07 Å². The van der Waals surface area contributed by atoms with Gasteiger partial charge in [-0.05, 0) is 54.8 Å². The quantitative estimate of drug-likeness (QED) is 0.315. The van der Waals surface area contributed by atoms with Gasteiger partial charge in [0.1, 0.15) is 12.1 Å². The van der Waals surface area contributed by atoms with Crippen LogP contribution in [0.25, 0.3) is 10.1 Å². The molecule has 3 aliphatic rings. The highest BCUT2D eigenvalue weighted by molar-refractivity contribution is 7.52. The summed E-state index contributed by atoms with van der Waals surface area (Å²) >= 11 is 1.01. The predicted octanol–water partition coefficient (Wildman–Crippen LogP) is 4.93. The van der Waals surface area contributed by atoms with E-state index in [0.29, 0.717) is 36.9 Å². The number of nitriles is 1. The summed E-state index contributed by atoms with van der Waals surface area (Å²) in [5.41, 5.74) is -4.26. The molecule has 14 heteroatoms. The number of benzene rings is 2. The van der Waals surface area contributed by atoms with Crippen molar-refractivity contribution in [3.63, 3.8) is 0 Å². The van der Waals surface area contributed by atoms with E-state index in [0.717, 1.165) is 41.9 Å². The van der Waals surface area contributed by atoms with Crippen molar-refractivity contribution in [1.82, 2.24) is 15.1 Å². The van der Waals surface area contributed by atoms with Crippen LogP contribution in [0.2, 0.25) is 0 Å². The van der Waals surface area contributed by atoms with Crippen molar-refractivity contribution in [3.05, 3.63) is 70.6 Å². The number of carbonyl (C=O) groups excluding carboxylic acids is 3. The zero-order chi connectivity index (χ0) is 32.8. The Bertz CT molecular complexity index is 1760. The third kappa shape index (κ3) is 5.95. The summed E-state index contributed by atoms with van der Waals surface area (Å²) in [6, 6.07) is 14.7. The van der Waals surface area contributed by atoms with E-state index in [1.54, 1.807) is 9.80 Å². The zero-order valence-corrected chi connectivity index (χ0v) is 26.4. The molecule has 0 radical (unpaired) electrons. The van der Waals surface area contributed by atoms with Crippen LogP contribution < -0.4 is 5.32 Å². The standard InChI is InChI=1S/C32H33F2N4O6PS/c33-32(34,45(42,43)44)22-10-13-27-20(14-22)15-28(46-27)29(39)36-25-9-5-4-8-23-11-12-26(38(23)30(25)40)31(41)37-17-21(16-35)24(18-37)19-6-2-1-3-7-19/h1-3,6-7,10,13-15,21,23-26H,4-5,8-9,11-12,17-18H2,(H,36,39)(H2,42,43,44)/t21-,23-,24?,25-,26-/m0/s1. The number of amides is 3. The highest BCUT2D eigenvalue weighted by Crippen LogP contribution is 2.59. The summed E-state index contributed by atoms with van der Waals surface area (Å²) in [5, 5.41) is 12.9. The molecule has 1 aromatic heterocycles. The van der Waals surface area contributed by atoms with E-state index in [1.807, 2.05) is 30.3 Å². The maximum atomic E-state index is 14.3. The Morgan fingerprint density at radius 3 is 2.48 bits per heavy atom. The van der Waals surface area contributed by atoms with Crippen molar-refractivity contribution in [1.29, 1.82) is 5.26 Å². The molecule has 0 bridgehead atoms. The molecule has 3 amide bonds. The molecule has 0 spiro atoms. The van der Waals surface area contributed by atoms with Crippen LogP contribution in [-0.2, 0) is 19.8 Å². The first kappa shape index (κ1) is 32.3. The Morgan fingerprint density at radius 1 is 1.02 bits per heavy atom. The smallest absolute Gasteiger partial charge is 0.340 e. The predicted molar refractivity (Wildman–Crippen MR) is 166 cm³/mol. The molecule has 3 fully saturated rings. The summed E-state index contributed by atoms with van der Waals surface area (Å²) in [7, 11) is -5.76. The average Bonchev–Trinajstić information content (AvgIpc) is 3.77. The number of halogens is 2. The van der Waals surface area contributed by atoms with E-state index in [-0.39, 0.29) is 46.5 Å². The lowest BCUT2D eigenvalue weighted by Crippen LogP contribution is -2.56. The molecule has 6 rings (SSSR count). The molecule has 2 aromatic carbocycles. The molecule has 46 heavy (non-hydrogen) atoms. The largest absolute Gasteiger partial charge is 0.399 e. The second-order valence-corrected chi connectivity index (χ2v) is 15.0. The lowest BCUT2D eigenvalue weighted by atomic mass is 9.90. The summed E-state index contributed by atoms with van der Waals surface area (Å²) in [5.74, 6) is -1.59. The molecular formula is C32H33F2N4O6PS. The summed E-state index contributed by atoms with van der Waals surface area (Å²) < 4.78 is 40.4. The number of likely N-dealkylation sites (tertiary alicyclic amines) is 1. The van der Waals surface area contributed by atoms with Gasteiger partial charge in [-0.25, -0.2) is 0 Å². The number of rotatable bonds is 6. The molecular weight excluding hydrogens is 637 g/mol. The summed E-state index contributed by atoms with van der Waals surface area (Å²) in [6.07, 6.45) is 3.80. The number of hydrogen-bond acceptors (Lipinski definition) is 6. The number of thiophene rings is 1. The number of carbonyl (C=O) groups is 3. The van der Waals surface area contributed by atoms with Gasteiger partial charge < -0.3 is 24.9 Å². The number of hydrogen-bond donors (Lipinski definition) is 3. The fourth-order valence-corrected chi connectivity index (χ4v) is 8.43. The first-order valence-electron chi connectivity index (χ1n) is 15.2. The minimum atomic E-state index is -5.76. The van der Waals surface area contributed by atoms with E-state index in [2.05, 4.69) is 11.4 Å². The molecule has 3 N–H and O–H groups in total. The van der Waals surface area contributed by atoms with E-state index >= 15 is 0 Å². The third-order valence-electron chi connectivity index (χ3n) is 9.40. The molecule has 4 heterocycles. The second kappa shape index (κ2) is 12.5. The molecule has 0 saturated carbocycles. The Kier molecular flexibility index (Phi) is 8.76. The minimum absolute atomic E-state index is 0.122. The first-order valence-corrected chi connectivity index (χ1v) is 17.7. The van der Waals surface area contributed by atoms with Gasteiger partial charge in [0, 0.05) is 35.3 Å². The van der Waals surface area contributed by atoms with Crippen LogP contribution in [0.1, 0.15) is 65.2 Å². The van der Waals surface area contributed by atoms with Gasteiger partial charge in [0.15, 0.2) is 0 Å². The Balaban J connectivity index is 1.19. The van der Waals surface area contributed by atoms with Crippen LogP contribution in [-0.4, -0.2) is 68.5 Å². The monoisotopic (exact) mass is 670 g/mol. The van der Waals surface area contributed by atoms with Crippen molar-refractivity contribution >= 4 is 46.7 Å². The fourth-order valence-electron chi connectivity index (χ4n) is 7.01. The lowest BCUT2D eigenvalue weighted by molar-refractivity contribution is -0.146. The number of alkyl halides is 2. The molecule has 242 valence electrons. The average molecular weight is 671 g/mol. The topological polar surface area (TPSA) is 151 Å². The van der Waals surface area contributed by atoms with Gasteiger partial charge in [-0.3, -0.25) is 18.9 Å². The molecule has 3 aromatic rings. The van der Waals surface area contributed by atoms with Crippen molar-refractivity contribution in [2.45, 2.75) is 68.2 Å². The van der Waals surface area contributed by atoms with Crippen LogP contribution >= 0.6 is 18.9 Å². The Hall–Kier alpha value is -3.69. The van der Waals surface area contributed by atoms with Crippen LogP contribution in [0.4, 0.5) is 8.78 Å². The SMILES string of the molecule is N#C[C@H]1CN(C(=O)[C@@H]2CC[C@@H]3CCCC[C@H](NC(=O)c4cc5cc(C(F)(F)P(=O)(O)O)ccc5s4)C(=O)N32)CC1c1ccccc1. The molecule has 1 unspecified atom stereocenters. The highest BCUT2D eigenvalue weighted by atomic mass is 32.1. The van der Waals surface area contributed by atoms with Crippen LogP contribution in [0.3, 0.4) is 0 Å². The van der Waals surface area contributed by atoms with Crippen LogP contribution in [0.5, 0.6) is 0 Å². The number of nitrogens with zero attached hydrogens (tertiary/aromatic N) is 3. The summed E-state index contributed by atoms with van der Waals surface area (Å²) in [4.78, 5) is 63.0. The van der Waals surface area contributed by atoms with Crippen molar-refractivity contribution < 1.29 is 37.5 Å². The fraction of sp³-hybridized carbons (Fsp3) is 0.438. The van der Waals surface area contributed by atoms with E-state index in [9.17, 15) is 33.0 Å². The van der Waals surface area contributed by atoms with E-state index in [1.165, 1.54) is 12.1 Å². The number of nitrogens with one attached hydrogen (secondary N) is 1.